The molecule has 0 unspecified atom stereocenters. The van der Waals surface area contributed by atoms with Crippen molar-refractivity contribution in [3.05, 3.63) is 71.1 Å². The molecule has 1 aromatic heterocycles. The van der Waals surface area contributed by atoms with Crippen molar-refractivity contribution in [1.29, 1.82) is 0 Å². The molecule has 0 radical (unpaired) electrons. The molecular formula is C21H21N3O5. The zero-order valence-corrected chi connectivity index (χ0v) is 16.3. The van der Waals surface area contributed by atoms with E-state index in [1.807, 2.05) is 0 Å². The first-order valence-electron chi connectivity index (χ1n) is 8.83. The van der Waals surface area contributed by atoms with E-state index < -0.39 is 5.91 Å². The first-order chi connectivity index (χ1) is 14.0. The summed E-state index contributed by atoms with van der Waals surface area (Å²) in [4.78, 5) is 25.1. The number of methoxy groups -OCH3 is 2. The molecule has 0 bridgehead atoms. The normalized spacial score (nSPS) is 10.4. The summed E-state index contributed by atoms with van der Waals surface area (Å²) in [6.45, 7) is 1.93. The number of nitrogens with zero attached hydrogens (tertiary/aromatic N) is 1. The molecule has 8 nitrogen and oxygen atoms in total. The van der Waals surface area contributed by atoms with Crippen LogP contribution in [0, 0.1) is 6.92 Å². The molecule has 0 aliphatic heterocycles. The molecule has 2 aromatic carbocycles. The van der Waals surface area contributed by atoms with E-state index >= 15 is 0 Å². The van der Waals surface area contributed by atoms with E-state index in [4.69, 9.17) is 14.0 Å². The van der Waals surface area contributed by atoms with Gasteiger partial charge in [0.15, 0.2) is 5.69 Å². The van der Waals surface area contributed by atoms with E-state index in [9.17, 15) is 9.59 Å². The largest absolute Gasteiger partial charge is 0.496 e. The molecule has 1 heterocycles. The van der Waals surface area contributed by atoms with Gasteiger partial charge in [-0.05, 0) is 37.3 Å². The molecule has 8 heteroatoms. The van der Waals surface area contributed by atoms with Crippen molar-refractivity contribution in [2.45, 2.75) is 13.5 Å². The molecule has 0 aliphatic rings. The van der Waals surface area contributed by atoms with E-state index in [-0.39, 0.29) is 18.2 Å². The lowest BCUT2D eigenvalue weighted by Gasteiger charge is -2.10. The maximum absolute atomic E-state index is 12.6. The third-order valence-electron chi connectivity index (χ3n) is 4.22. The summed E-state index contributed by atoms with van der Waals surface area (Å²) < 4.78 is 15.4. The highest BCUT2D eigenvalue weighted by atomic mass is 16.5. The SMILES string of the molecule is COCc1c(C(=O)Nc2cccc(NC(=O)c3ccccc3OC)c2)noc1C. The van der Waals surface area contributed by atoms with Gasteiger partial charge in [0, 0.05) is 18.5 Å². The van der Waals surface area contributed by atoms with E-state index in [0.29, 0.717) is 34.0 Å². The number of ether oxygens (including phenoxy) is 2. The quantitative estimate of drug-likeness (QED) is 0.633. The van der Waals surface area contributed by atoms with Crippen LogP contribution in [-0.4, -0.2) is 31.2 Å². The number of rotatable bonds is 7. The number of hydrogen-bond donors (Lipinski definition) is 2. The first-order valence-corrected chi connectivity index (χ1v) is 8.83. The molecule has 3 aromatic rings. The smallest absolute Gasteiger partial charge is 0.278 e. The minimum absolute atomic E-state index is 0.160. The van der Waals surface area contributed by atoms with Gasteiger partial charge in [0.05, 0.1) is 24.8 Å². The van der Waals surface area contributed by atoms with E-state index in [1.54, 1.807) is 55.5 Å². The van der Waals surface area contributed by atoms with Crippen molar-refractivity contribution < 1.29 is 23.6 Å². The lowest BCUT2D eigenvalue weighted by atomic mass is 10.1. The summed E-state index contributed by atoms with van der Waals surface area (Å²) in [5.41, 5.74) is 2.18. The fraction of sp³-hybridized carbons (Fsp3) is 0.190. The van der Waals surface area contributed by atoms with Crippen LogP contribution < -0.4 is 15.4 Å². The van der Waals surface area contributed by atoms with E-state index in [0.717, 1.165) is 0 Å². The molecule has 0 aliphatic carbocycles. The Hall–Kier alpha value is -3.65. The molecule has 29 heavy (non-hydrogen) atoms. The first kappa shape index (κ1) is 20.1. The monoisotopic (exact) mass is 395 g/mol. The van der Waals surface area contributed by atoms with Crippen molar-refractivity contribution in [3.63, 3.8) is 0 Å². The molecule has 0 saturated heterocycles. The molecule has 2 amide bonds. The Balaban J connectivity index is 1.74. The summed E-state index contributed by atoms with van der Waals surface area (Å²) in [5.74, 6) is 0.249. The van der Waals surface area contributed by atoms with Crippen LogP contribution in [0.1, 0.15) is 32.2 Å². The molecule has 0 spiro atoms. The van der Waals surface area contributed by atoms with Crippen molar-refractivity contribution in [2.24, 2.45) is 0 Å². The summed E-state index contributed by atoms with van der Waals surface area (Å²) in [5, 5.41) is 9.36. The fourth-order valence-corrected chi connectivity index (χ4v) is 2.78. The second-order valence-corrected chi connectivity index (χ2v) is 6.19. The number of aryl methyl sites for hydroxylation is 1. The lowest BCUT2D eigenvalue weighted by molar-refractivity contribution is 0.101. The highest BCUT2D eigenvalue weighted by Gasteiger charge is 2.20. The minimum Gasteiger partial charge on any atom is -0.496 e. The predicted molar refractivity (Wildman–Crippen MR) is 107 cm³/mol. The van der Waals surface area contributed by atoms with E-state index in [2.05, 4.69) is 15.8 Å². The van der Waals surface area contributed by atoms with Crippen LogP contribution in [0.25, 0.3) is 0 Å². The van der Waals surface area contributed by atoms with Crippen LogP contribution in [0.4, 0.5) is 11.4 Å². The highest BCUT2D eigenvalue weighted by molar-refractivity contribution is 6.07. The Morgan fingerprint density at radius 3 is 2.38 bits per heavy atom. The Labute approximate surface area is 167 Å². The number of hydrogen-bond acceptors (Lipinski definition) is 6. The Morgan fingerprint density at radius 1 is 1.00 bits per heavy atom. The zero-order chi connectivity index (χ0) is 20.8. The van der Waals surface area contributed by atoms with Gasteiger partial charge in [0.1, 0.15) is 11.5 Å². The molecule has 0 atom stereocenters. The number of para-hydroxylation sites is 1. The third kappa shape index (κ3) is 4.61. The molecule has 2 N–H and O–H groups in total. The van der Waals surface area contributed by atoms with Crippen LogP contribution in [0.15, 0.2) is 53.1 Å². The van der Waals surface area contributed by atoms with Gasteiger partial charge in [-0.3, -0.25) is 9.59 Å². The Morgan fingerprint density at radius 2 is 1.69 bits per heavy atom. The summed E-state index contributed by atoms with van der Waals surface area (Å²) in [7, 11) is 3.04. The predicted octanol–water partition coefficient (Wildman–Crippen LogP) is 3.64. The summed E-state index contributed by atoms with van der Waals surface area (Å²) in [6.07, 6.45) is 0. The van der Waals surface area contributed by atoms with Gasteiger partial charge in [-0.1, -0.05) is 23.4 Å². The summed E-state index contributed by atoms with van der Waals surface area (Å²) >= 11 is 0. The minimum atomic E-state index is -0.429. The summed E-state index contributed by atoms with van der Waals surface area (Å²) in [6, 6.07) is 13.7. The number of aromatic nitrogens is 1. The standard InChI is InChI=1S/C21H21N3O5/c1-13-17(12-27-2)19(24-29-13)21(26)23-15-8-6-7-14(11-15)22-20(25)16-9-4-5-10-18(16)28-3/h4-11H,12H2,1-3H3,(H,22,25)(H,23,26). The van der Waals surface area contributed by atoms with Crippen molar-refractivity contribution in [1.82, 2.24) is 5.16 Å². The maximum Gasteiger partial charge on any atom is 0.278 e. The molecule has 0 fully saturated rings. The van der Waals surface area contributed by atoms with Gasteiger partial charge in [-0.2, -0.15) is 0 Å². The van der Waals surface area contributed by atoms with Crippen molar-refractivity contribution in [3.8, 4) is 5.75 Å². The number of benzene rings is 2. The molecule has 0 saturated carbocycles. The average Bonchev–Trinajstić information content (AvgIpc) is 3.09. The maximum atomic E-state index is 12.6. The van der Waals surface area contributed by atoms with E-state index in [1.165, 1.54) is 14.2 Å². The van der Waals surface area contributed by atoms with Crippen molar-refractivity contribution >= 4 is 23.2 Å². The second-order valence-electron chi connectivity index (χ2n) is 6.19. The van der Waals surface area contributed by atoms with Gasteiger partial charge in [-0.15, -0.1) is 0 Å². The van der Waals surface area contributed by atoms with Gasteiger partial charge < -0.3 is 24.6 Å². The van der Waals surface area contributed by atoms with Gasteiger partial charge in [-0.25, -0.2) is 0 Å². The topological polar surface area (TPSA) is 103 Å². The van der Waals surface area contributed by atoms with Crippen LogP contribution in [0.3, 0.4) is 0 Å². The fourth-order valence-electron chi connectivity index (χ4n) is 2.78. The van der Waals surface area contributed by atoms with Crippen LogP contribution in [0.2, 0.25) is 0 Å². The van der Waals surface area contributed by atoms with Crippen LogP contribution >= 0.6 is 0 Å². The zero-order valence-electron chi connectivity index (χ0n) is 16.3. The Kier molecular flexibility index (Phi) is 6.25. The number of carbonyl (C=O) groups excluding carboxylic acids is 2. The number of carbonyl (C=O) groups is 2. The highest BCUT2D eigenvalue weighted by Crippen LogP contribution is 2.22. The molecule has 150 valence electrons. The lowest BCUT2D eigenvalue weighted by Crippen LogP contribution is -2.16. The average molecular weight is 395 g/mol. The number of amides is 2. The number of anilines is 2. The Bertz CT molecular complexity index is 1030. The van der Waals surface area contributed by atoms with Crippen molar-refractivity contribution in [2.75, 3.05) is 24.9 Å². The molecular weight excluding hydrogens is 374 g/mol. The third-order valence-corrected chi connectivity index (χ3v) is 4.22. The van der Waals surface area contributed by atoms with Gasteiger partial charge in [0.25, 0.3) is 11.8 Å². The van der Waals surface area contributed by atoms with Gasteiger partial charge in [0.2, 0.25) is 0 Å². The number of nitrogens with one attached hydrogen (secondary N) is 2. The van der Waals surface area contributed by atoms with Crippen LogP contribution in [-0.2, 0) is 11.3 Å². The second kappa shape index (κ2) is 9.03. The molecule has 3 rings (SSSR count). The van der Waals surface area contributed by atoms with Gasteiger partial charge >= 0.3 is 0 Å². The van der Waals surface area contributed by atoms with Crippen LogP contribution in [0.5, 0.6) is 5.75 Å².